The van der Waals surface area contributed by atoms with E-state index >= 15 is 0 Å². The molecule has 30 heavy (non-hydrogen) atoms. The van der Waals surface area contributed by atoms with Gasteiger partial charge in [-0.15, -0.1) is 0 Å². The number of carboxylic acids is 1. The van der Waals surface area contributed by atoms with Crippen LogP contribution in [-0.2, 0) is 19.2 Å². The summed E-state index contributed by atoms with van der Waals surface area (Å²) in [7, 11) is 0. The van der Waals surface area contributed by atoms with Crippen LogP contribution in [0, 0.1) is 11.8 Å². The zero-order valence-electron chi connectivity index (χ0n) is 18.3. The number of thiol groups is 1. The quantitative estimate of drug-likeness (QED) is 0.292. The number of hydrogen-bond acceptors (Lipinski definition) is 6. The Morgan fingerprint density at radius 1 is 1.07 bits per heavy atom. The Labute approximate surface area is 183 Å². The normalized spacial score (nSPS) is 19.5. The van der Waals surface area contributed by atoms with Crippen molar-refractivity contribution in [1.82, 2.24) is 15.5 Å². The van der Waals surface area contributed by atoms with E-state index in [2.05, 4.69) is 23.3 Å². The van der Waals surface area contributed by atoms with Crippen LogP contribution in [0.1, 0.15) is 53.4 Å². The minimum Gasteiger partial charge on any atom is -0.480 e. The molecule has 1 heterocycles. The molecule has 0 aliphatic carbocycles. The summed E-state index contributed by atoms with van der Waals surface area (Å²) in [5.74, 6) is -2.11. The van der Waals surface area contributed by atoms with Gasteiger partial charge in [0, 0.05) is 12.3 Å². The van der Waals surface area contributed by atoms with Gasteiger partial charge in [-0.05, 0) is 37.5 Å². The fourth-order valence-corrected chi connectivity index (χ4v) is 3.79. The molecule has 4 unspecified atom stereocenters. The van der Waals surface area contributed by atoms with Crippen LogP contribution in [0.3, 0.4) is 0 Å². The van der Waals surface area contributed by atoms with Crippen molar-refractivity contribution in [1.29, 1.82) is 0 Å². The first-order chi connectivity index (χ1) is 14.0. The Kier molecular flexibility index (Phi) is 10.6. The molecule has 9 nitrogen and oxygen atoms in total. The van der Waals surface area contributed by atoms with Crippen molar-refractivity contribution in [3.05, 3.63) is 0 Å². The highest BCUT2D eigenvalue weighted by Gasteiger charge is 2.39. The van der Waals surface area contributed by atoms with Crippen LogP contribution < -0.4 is 16.4 Å². The number of rotatable bonds is 11. The number of likely N-dealkylation sites (tertiary alicyclic amines) is 1. The molecular formula is C20H36N4O5S. The van der Waals surface area contributed by atoms with E-state index in [1.807, 2.05) is 27.7 Å². The number of hydrogen-bond donors (Lipinski definition) is 5. The van der Waals surface area contributed by atoms with Crippen LogP contribution in [-0.4, -0.2) is 70.2 Å². The first-order valence-electron chi connectivity index (χ1n) is 10.5. The molecule has 0 aromatic carbocycles. The third-order valence-corrected chi connectivity index (χ3v) is 5.38. The summed E-state index contributed by atoms with van der Waals surface area (Å²) >= 11 is 3.95. The van der Waals surface area contributed by atoms with Crippen LogP contribution >= 0.6 is 12.6 Å². The summed E-state index contributed by atoms with van der Waals surface area (Å²) in [5.41, 5.74) is 5.96. The molecule has 1 aliphatic heterocycles. The third-order valence-electron chi connectivity index (χ3n) is 5.02. The van der Waals surface area contributed by atoms with Gasteiger partial charge in [0.1, 0.15) is 18.1 Å². The lowest BCUT2D eigenvalue weighted by Gasteiger charge is -2.30. The van der Waals surface area contributed by atoms with Gasteiger partial charge in [0.25, 0.3) is 0 Å². The maximum absolute atomic E-state index is 13.2. The second kappa shape index (κ2) is 12.1. The number of nitrogens with zero attached hydrogens (tertiary/aromatic N) is 1. The largest absolute Gasteiger partial charge is 0.480 e. The topological polar surface area (TPSA) is 142 Å². The smallest absolute Gasteiger partial charge is 0.327 e. The van der Waals surface area contributed by atoms with E-state index < -0.39 is 36.0 Å². The predicted octanol–water partition coefficient (Wildman–Crippen LogP) is 0.381. The van der Waals surface area contributed by atoms with Crippen molar-refractivity contribution >= 4 is 36.3 Å². The molecule has 3 amide bonds. The highest BCUT2D eigenvalue weighted by atomic mass is 32.1. The van der Waals surface area contributed by atoms with E-state index in [0.717, 1.165) is 0 Å². The molecule has 1 aliphatic rings. The summed E-state index contributed by atoms with van der Waals surface area (Å²) < 4.78 is 0. The van der Waals surface area contributed by atoms with Crippen molar-refractivity contribution in [2.75, 3.05) is 12.3 Å². The minimum absolute atomic E-state index is 0.0541. The van der Waals surface area contributed by atoms with E-state index in [9.17, 15) is 19.2 Å². The van der Waals surface area contributed by atoms with Gasteiger partial charge < -0.3 is 26.4 Å². The second-order valence-corrected chi connectivity index (χ2v) is 9.06. The standard InChI is InChI=1S/C20H36N4O5S/c1-11(2)8-13(21)17(25)22-14(9-12(3)4)19(27)24-7-5-6-16(24)18(26)23-15(10-30)20(28)29/h11-16,30H,5-10,21H2,1-4H3,(H,22,25)(H,23,26)(H,28,29). The highest BCUT2D eigenvalue weighted by molar-refractivity contribution is 7.80. The van der Waals surface area contributed by atoms with Crippen LogP contribution in [0.5, 0.6) is 0 Å². The Bertz CT molecular complexity index is 628. The Morgan fingerprint density at radius 2 is 1.67 bits per heavy atom. The molecule has 1 saturated heterocycles. The van der Waals surface area contributed by atoms with Crippen LogP contribution in [0.15, 0.2) is 0 Å². The molecule has 10 heteroatoms. The first-order valence-corrected chi connectivity index (χ1v) is 11.1. The lowest BCUT2D eigenvalue weighted by Crippen LogP contribution is -2.57. The van der Waals surface area contributed by atoms with Gasteiger partial charge in [0.2, 0.25) is 17.7 Å². The Morgan fingerprint density at radius 3 is 2.17 bits per heavy atom. The first kappa shape index (κ1) is 26.2. The number of nitrogens with two attached hydrogens (primary N) is 1. The van der Waals surface area contributed by atoms with E-state index in [1.54, 1.807) is 0 Å². The fraction of sp³-hybridized carbons (Fsp3) is 0.800. The van der Waals surface area contributed by atoms with Gasteiger partial charge in [0.05, 0.1) is 6.04 Å². The van der Waals surface area contributed by atoms with Gasteiger partial charge >= 0.3 is 5.97 Å². The van der Waals surface area contributed by atoms with Gasteiger partial charge in [-0.2, -0.15) is 12.6 Å². The summed E-state index contributed by atoms with van der Waals surface area (Å²) in [5, 5.41) is 14.3. The average Bonchev–Trinajstić information content (AvgIpc) is 3.13. The highest BCUT2D eigenvalue weighted by Crippen LogP contribution is 2.21. The molecule has 0 saturated carbocycles. The number of amides is 3. The van der Waals surface area contributed by atoms with Crippen LogP contribution in [0.4, 0.5) is 0 Å². The molecule has 0 bridgehead atoms. The van der Waals surface area contributed by atoms with Crippen LogP contribution in [0.2, 0.25) is 0 Å². The third kappa shape index (κ3) is 7.79. The maximum Gasteiger partial charge on any atom is 0.327 e. The fourth-order valence-electron chi connectivity index (χ4n) is 3.54. The molecule has 5 N–H and O–H groups in total. The summed E-state index contributed by atoms with van der Waals surface area (Å²) in [4.78, 5) is 51.0. The van der Waals surface area contributed by atoms with E-state index in [1.165, 1.54) is 4.90 Å². The molecular weight excluding hydrogens is 408 g/mol. The van der Waals surface area contributed by atoms with E-state index in [-0.39, 0.29) is 29.4 Å². The molecule has 0 aromatic rings. The van der Waals surface area contributed by atoms with Gasteiger partial charge in [-0.1, -0.05) is 27.7 Å². The molecule has 4 atom stereocenters. The summed E-state index contributed by atoms with van der Waals surface area (Å²) in [6.07, 6.45) is 1.98. The lowest BCUT2D eigenvalue weighted by atomic mass is 10.00. The average molecular weight is 445 g/mol. The molecule has 1 rings (SSSR count). The minimum atomic E-state index is -1.18. The SMILES string of the molecule is CC(C)CC(N)C(=O)NC(CC(C)C)C(=O)N1CCCC1C(=O)NC(CS)C(=O)O. The van der Waals surface area contributed by atoms with Crippen LogP contribution in [0.25, 0.3) is 0 Å². The number of carbonyl (C=O) groups excluding carboxylic acids is 3. The Balaban J connectivity index is 2.92. The van der Waals surface area contributed by atoms with Crippen molar-refractivity contribution in [2.45, 2.75) is 77.5 Å². The molecule has 172 valence electrons. The summed E-state index contributed by atoms with van der Waals surface area (Å²) in [6.45, 7) is 8.19. The van der Waals surface area contributed by atoms with Gasteiger partial charge in [0.15, 0.2) is 0 Å². The molecule has 0 aromatic heterocycles. The van der Waals surface area contributed by atoms with E-state index in [0.29, 0.717) is 32.2 Å². The molecule has 0 spiro atoms. The second-order valence-electron chi connectivity index (χ2n) is 8.70. The molecule has 0 radical (unpaired) electrons. The predicted molar refractivity (Wildman–Crippen MR) is 117 cm³/mol. The lowest BCUT2D eigenvalue weighted by molar-refractivity contribution is -0.144. The van der Waals surface area contributed by atoms with Crippen molar-refractivity contribution in [2.24, 2.45) is 17.6 Å². The molecule has 1 fully saturated rings. The number of aliphatic carboxylic acids is 1. The maximum atomic E-state index is 13.2. The monoisotopic (exact) mass is 444 g/mol. The zero-order valence-corrected chi connectivity index (χ0v) is 19.2. The number of carbonyl (C=O) groups is 4. The van der Waals surface area contributed by atoms with Gasteiger partial charge in [-0.3, -0.25) is 14.4 Å². The van der Waals surface area contributed by atoms with Crippen molar-refractivity contribution < 1.29 is 24.3 Å². The van der Waals surface area contributed by atoms with E-state index in [4.69, 9.17) is 10.8 Å². The number of nitrogens with one attached hydrogen (secondary N) is 2. The van der Waals surface area contributed by atoms with Gasteiger partial charge in [-0.25, -0.2) is 4.79 Å². The Hall–Kier alpha value is -1.81. The number of carboxylic acid groups (broad SMARTS) is 1. The summed E-state index contributed by atoms with van der Waals surface area (Å²) in [6, 6.07) is -3.39. The zero-order chi connectivity index (χ0) is 23.0. The van der Waals surface area contributed by atoms with Crippen molar-refractivity contribution in [3.8, 4) is 0 Å². The van der Waals surface area contributed by atoms with Crippen molar-refractivity contribution in [3.63, 3.8) is 0 Å².